The molecule has 0 saturated carbocycles. The van der Waals surface area contributed by atoms with Gasteiger partial charge in [-0.1, -0.05) is 30.3 Å². The number of rotatable bonds is 6. The smallest absolute Gasteiger partial charge is 0.269 e. The van der Waals surface area contributed by atoms with E-state index in [0.717, 1.165) is 21.9 Å². The first-order chi connectivity index (χ1) is 13.1. The van der Waals surface area contributed by atoms with E-state index in [9.17, 15) is 9.18 Å². The molecule has 0 fully saturated rings. The maximum absolute atomic E-state index is 13.8. The number of aromatic nitrogens is 1. The average Bonchev–Trinajstić information content (AvgIpc) is 2.70. The molecule has 0 spiro atoms. The van der Waals surface area contributed by atoms with Crippen LogP contribution in [-0.4, -0.2) is 22.5 Å². The Hall–Kier alpha value is -3.25. The molecule has 1 amide bonds. The Morgan fingerprint density at radius 3 is 2.56 bits per heavy atom. The third-order valence-electron chi connectivity index (χ3n) is 4.04. The molecule has 1 aromatic heterocycles. The van der Waals surface area contributed by atoms with Crippen molar-refractivity contribution in [1.29, 1.82) is 0 Å². The van der Waals surface area contributed by atoms with Gasteiger partial charge < -0.3 is 4.74 Å². The molecule has 0 unspecified atom stereocenters. The second kappa shape index (κ2) is 8.42. The van der Waals surface area contributed by atoms with Gasteiger partial charge in [-0.25, -0.2) is 10.2 Å². The predicted octanol–water partition coefficient (Wildman–Crippen LogP) is 3.80. The second-order valence-electron chi connectivity index (χ2n) is 5.94. The minimum absolute atomic E-state index is 0.0290. The van der Waals surface area contributed by atoms with Gasteiger partial charge in [0.15, 0.2) is 0 Å². The third kappa shape index (κ3) is 4.48. The molecule has 6 heteroatoms. The number of ether oxygens (including phenoxy) is 1. The van der Waals surface area contributed by atoms with E-state index in [1.54, 1.807) is 30.5 Å². The van der Waals surface area contributed by atoms with Crippen molar-refractivity contribution in [1.82, 2.24) is 9.99 Å². The van der Waals surface area contributed by atoms with Crippen LogP contribution in [0.4, 0.5) is 4.39 Å². The average molecular weight is 365 g/mol. The number of halogens is 1. The van der Waals surface area contributed by atoms with E-state index in [2.05, 4.69) is 4.98 Å². The van der Waals surface area contributed by atoms with Crippen LogP contribution in [0.5, 0.6) is 5.75 Å². The fourth-order valence-corrected chi connectivity index (χ4v) is 2.67. The van der Waals surface area contributed by atoms with Crippen molar-refractivity contribution in [2.75, 3.05) is 6.61 Å². The van der Waals surface area contributed by atoms with Crippen molar-refractivity contribution in [2.24, 2.45) is 5.84 Å². The Bertz CT molecular complexity index is 929. The van der Waals surface area contributed by atoms with Crippen molar-refractivity contribution in [3.05, 3.63) is 83.9 Å². The molecule has 3 aromatic rings. The molecule has 0 aliphatic carbocycles. The van der Waals surface area contributed by atoms with Crippen molar-refractivity contribution in [2.45, 2.75) is 13.5 Å². The Balaban J connectivity index is 1.78. The molecule has 2 aromatic carbocycles. The van der Waals surface area contributed by atoms with E-state index >= 15 is 0 Å². The van der Waals surface area contributed by atoms with E-state index in [-0.39, 0.29) is 6.54 Å². The van der Waals surface area contributed by atoms with E-state index < -0.39 is 11.7 Å². The zero-order chi connectivity index (χ0) is 19.2. The third-order valence-corrected chi connectivity index (χ3v) is 4.04. The minimum Gasteiger partial charge on any atom is -0.494 e. The molecular formula is C21H20FN3O2. The second-order valence-corrected chi connectivity index (χ2v) is 5.94. The summed E-state index contributed by atoms with van der Waals surface area (Å²) in [6, 6.07) is 15.5. The summed E-state index contributed by atoms with van der Waals surface area (Å²) in [6.07, 6.45) is 3.12. The molecule has 27 heavy (non-hydrogen) atoms. The molecule has 0 bridgehead atoms. The Morgan fingerprint density at radius 1 is 1.11 bits per heavy atom. The van der Waals surface area contributed by atoms with Crippen molar-refractivity contribution >= 4 is 5.91 Å². The lowest BCUT2D eigenvalue weighted by molar-refractivity contribution is 0.0741. The molecule has 5 nitrogen and oxygen atoms in total. The standard InChI is InChI=1S/C21H20FN3O2/c1-2-27-19-9-7-15(8-10-19)17-11-18(13-24-12-17)21(26)25(23)14-16-5-3-4-6-20(16)22/h3-13H,2,14,23H2,1H3. The van der Waals surface area contributed by atoms with E-state index in [1.807, 2.05) is 31.2 Å². The normalized spacial score (nSPS) is 10.5. The van der Waals surface area contributed by atoms with E-state index in [1.165, 1.54) is 12.3 Å². The zero-order valence-corrected chi connectivity index (χ0v) is 14.9. The number of nitrogens with two attached hydrogens (primary N) is 1. The largest absolute Gasteiger partial charge is 0.494 e. The molecule has 1 heterocycles. The molecule has 3 rings (SSSR count). The highest BCUT2D eigenvalue weighted by atomic mass is 19.1. The summed E-state index contributed by atoms with van der Waals surface area (Å²) in [5.41, 5.74) is 2.37. The molecule has 0 aliphatic rings. The predicted molar refractivity (Wildman–Crippen MR) is 101 cm³/mol. The SMILES string of the molecule is CCOc1ccc(-c2cncc(C(=O)N(N)Cc3ccccc3F)c2)cc1. The summed E-state index contributed by atoms with van der Waals surface area (Å²) in [5, 5.41) is 0.984. The van der Waals surface area contributed by atoms with E-state index in [0.29, 0.717) is 17.7 Å². The van der Waals surface area contributed by atoms with Gasteiger partial charge in [0.25, 0.3) is 5.91 Å². The Labute approximate surface area is 157 Å². The number of nitrogens with zero attached hydrogens (tertiary/aromatic N) is 2. The van der Waals surface area contributed by atoms with Crippen molar-refractivity contribution < 1.29 is 13.9 Å². The van der Waals surface area contributed by atoms with Crippen molar-refractivity contribution in [3.8, 4) is 16.9 Å². The molecule has 138 valence electrons. The first kappa shape index (κ1) is 18.5. The Morgan fingerprint density at radius 2 is 1.85 bits per heavy atom. The number of benzene rings is 2. The molecule has 0 saturated heterocycles. The quantitative estimate of drug-likeness (QED) is 0.410. The summed E-state index contributed by atoms with van der Waals surface area (Å²) in [4.78, 5) is 16.7. The first-order valence-corrected chi connectivity index (χ1v) is 8.56. The van der Waals surface area contributed by atoms with Gasteiger partial charge in [-0.2, -0.15) is 0 Å². The summed E-state index contributed by atoms with van der Waals surface area (Å²) < 4.78 is 19.2. The highest BCUT2D eigenvalue weighted by molar-refractivity contribution is 5.94. The van der Waals surface area contributed by atoms with E-state index in [4.69, 9.17) is 10.6 Å². The number of hydrazine groups is 1. The minimum atomic E-state index is -0.432. The molecule has 2 N–H and O–H groups in total. The lowest BCUT2D eigenvalue weighted by atomic mass is 10.1. The topological polar surface area (TPSA) is 68.5 Å². The molecule has 0 radical (unpaired) electrons. The van der Waals surface area contributed by atoms with Gasteiger partial charge in [0, 0.05) is 23.5 Å². The highest BCUT2D eigenvalue weighted by Crippen LogP contribution is 2.23. The maximum Gasteiger partial charge on any atom is 0.269 e. The molecular weight excluding hydrogens is 345 g/mol. The van der Waals surface area contributed by atoms with Crippen LogP contribution in [0.3, 0.4) is 0 Å². The Kier molecular flexibility index (Phi) is 5.78. The van der Waals surface area contributed by atoms with Gasteiger partial charge in [-0.3, -0.25) is 14.8 Å². The van der Waals surface area contributed by atoms with Crippen LogP contribution in [0.15, 0.2) is 67.0 Å². The molecule has 0 aliphatic heterocycles. The highest BCUT2D eigenvalue weighted by Gasteiger charge is 2.15. The van der Waals surface area contributed by atoms with Gasteiger partial charge in [-0.15, -0.1) is 0 Å². The van der Waals surface area contributed by atoms with Crippen LogP contribution in [0, 0.1) is 5.82 Å². The van der Waals surface area contributed by atoms with Gasteiger partial charge >= 0.3 is 0 Å². The summed E-state index contributed by atoms with van der Waals surface area (Å²) in [5.74, 6) is 5.81. The van der Waals surface area contributed by atoms with Crippen LogP contribution in [-0.2, 0) is 6.54 Å². The first-order valence-electron chi connectivity index (χ1n) is 8.56. The van der Waals surface area contributed by atoms with Crippen LogP contribution < -0.4 is 10.6 Å². The number of carbonyl (C=O) groups excluding carboxylic acids is 1. The summed E-state index contributed by atoms with van der Waals surface area (Å²) >= 11 is 0. The lowest BCUT2D eigenvalue weighted by Gasteiger charge is -2.17. The van der Waals surface area contributed by atoms with Crippen LogP contribution >= 0.6 is 0 Å². The number of pyridine rings is 1. The van der Waals surface area contributed by atoms with Gasteiger partial charge in [0.1, 0.15) is 11.6 Å². The summed E-state index contributed by atoms with van der Waals surface area (Å²) in [6.45, 7) is 2.49. The van der Waals surface area contributed by atoms with Gasteiger partial charge in [0.05, 0.1) is 18.7 Å². The van der Waals surface area contributed by atoms with Gasteiger partial charge in [-0.05, 0) is 36.8 Å². The van der Waals surface area contributed by atoms with Crippen molar-refractivity contribution in [3.63, 3.8) is 0 Å². The number of hydrogen-bond donors (Lipinski definition) is 1. The molecule has 0 atom stereocenters. The zero-order valence-electron chi connectivity index (χ0n) is 14.9. The number of hydrogen-bond acceptors (Lipinski definition) is 4. The summed E-state index contributed by atoms with van der Waals surface area (Å²) in [7, 11) is 0. The monoisotopic (exact) mass is 365 g/mol. The number of amides is 1. The fraction of sp³-hybridized carbons (Fsp3) is 0.143. The van der Waals surface area contributed by atoms with Gasteiger partial charge in [0.2, 0.25) is 0 Å². The van der Waals surface area contributed by atoms with Crippen LogP contribution in [0.1, 0.15) is 22.8 Å². The van der Waals surface area contributed by atoms with Crippen LogP contribution in [0.2, 0.25) is 0 Å². The fourth-order valence-electron chi connectivity index (χ4n) is 2.67. The van der Waals surface area contributed by atoms with Crippen LogP contribution in [0.25, 0.3) is 11.1 Å². The lowest BCUT2D eigenvalue weighted by Crippen LogP contribution is -2.37. The maximum atomic E-state index is 13.8. The number of carbonyl (C=O) groups is 1.